The minimum Gasteiger partial charge on any atom is -0.326 e. The van der Waals surface area contributed by atoms with Gasteiger partial charge in [0, 0.05) is 35.7 Å². The molecule has 29 heavy (non-hydrogen) atoms. The van der Waals surface area contributed by atoms with Crippen LogP contribution in [0.4, 0.5) is 5.69 Å². The number of rotatable bonds is 8. The summed E-state index contributed by atoms with van der Waals surface area (Å²) in [5, 5.41) is 10.2. The van der Waals surface area contributed by atoms with Gasteiger partial charge in [-0.2, -0.15) is 5.10 Å². The van der Waals surface area contributed by atoms with E-state index in [1.165, 1.54) is 12.1 Å². The first-order valence-electron chi connectivity index (χ1n) is 8.94. The molecule has 0 saturated heterocycles. The highest BCUT2D eigenvalue weighted by atomic mass is 35.5. The fourth-order valence-electron chi connectivity index (χ4n) is 2.49. The molecule has 1 amide bonds. The SMILES string of the molecule is CCC(=O)Nc1ccc(S(=O)(=O)NCCc2nc(-c3ccc(Cl)cc3)n[nH]2)cc1. The fraction of sp³-hybridized carbons (Fsp3) is 0.211. The predicted molar refractivity (Wildman–Crippen MR) is 111 cm³/mol. The summed E-state index contributed by atoms with van der Waals surface area (Å²) in [6.07, 6.45) is 0.702. The van der Waals surface area contributed by atoms with Crippen molar-refractivity contribution in [1.82, 2.24) is 19.9 Å². The summed E-state index contributed by atoms with van der Waals surface area (Å²) < 4.78 is 27.4. The van der Waals surface area contributed by atoms with Crippen LogP contribution in [0.5, 0.6) is 0 Å². The zero-order valence-corrected chi connectivity index (χ0v) is 17.2. The van der Waals surface area contributed by atoms with E-state index in [-0.39, 0.29) is 17.3 Å². The Bertz CT molecular complexity index is 1080. The highest BCUT2D eigenvalue weighted by Crippen LogP contribution is 2.18. The Morgan fingerprint density at radius 3 is 2.45 bits per heavy atom. The van der Waals surface area contributed by atoms with Crippen LogP contribution in [-0.2, 0) is 21.2 Å². The van der Waals surface area contributed by atoms with E-state index in [1.807, 2.05) is 12.1 Å². The summed E-state index contributed by atoms with van der Waals surface area (Å²) in [6, 6.07) is 13.1. The number of amides is 1. The average molecular weight is 434 g/mol. The van der Waals surface area contributed by atoms with Crippen LogP contribution in [0.1, 0.15) is 19.2 Å². The summed E-state index contributed by atoms with van der Waals surface area (Å²) in [5.41, 5.74) is 1.36. The topological polar surface area (TPSA) is 117 Å². The molecule has 152 valence electrons. The lowest BCUT2D eigenvalue weighted by Crippen LogP contribution is -2.26. The predicted octanol–water partition coefficient (Wildman–Crippen LogP) is 2.99. The number of sulfonamides is 1. The van der Waals surface area contributed by atoms with Crippen LogP contribution in [-0.4, -0.2) is 36.1 Å². The van der Waals surface area contributed by atoms with E-state index in [4.69, 9.17) is 11.6 Å². The molecule has 0 spiro atoms. The second kappa shape index (κ2) is 9.17. The molecule has 3 rings (SSSR count). The number of benzene rings is 2. The number of H-pyrrole nitrogens is 1. The maximum Gasteiger partial charge on any atom is 0.240 e. The van der Waals surface area contributed by atoms with Crippen LogP contribution < -0.4 is 10.0 Å². The van der Waals surface area contributed by atoms with Crippen molar-refractivity contribution in [3.05, 3.63) is 59.4 Å². The number of hydrogen-bond donors (Lipinski definition) is 3. The second-order valence-electron chi connectivity index (χ2n) is 6.19. The molecule has 0 radical (unpaired) electrons. The summed E-state index contributed by atoms with van der Waals surface area (Å²) >= 11 is 5.87. The van der Waals surface area contributed by atoms with Crippen molar-refractivity contribution < 1.29 is 13.2 Å². The molecular formula is C19H20ClN5O3S. The van der Waals surface area contributed by atoms with Gasteiger partial charge in [0.05, 0.1) is 4.90 Å². The van der Waals surface area contributed by atoms with Crippen LogP contribution in [0.2, 0.25) is 5.02 Å². The normalized spacial score (nSPS) is 11.4. The number of nitrogens with zero attached hydrogens (tertiary/aromatic N) is 2. The van der Waals surface area contributed by atoms with E-state index in [0.29, 0.717) is 35.2 Å². The molecule has 0 aliphatic heterocycles. The van der Waals surface area contributed by atoms with Gasteiger partial charge in [0.1, 0.15) is 5.82 Å². The lowest BCUT2D eigenvalue weighted by molar-refractivity contribution is -0.115. The third-order valence-corrected chi connectivity index (χ3v) is 5.79. The molecule has 1 aromatic heterocycles. The Morgan fingerprint density at radius 2 is 1.79 bits per heavy atom. The Kier molecular flexibility index (Phi) is 6.63. The quantitative estimate of drug-likeness (QED) is 0.504. The molecule has 2 aromatic carbocycles. The van der Waals surface area contributed by atoms with Gasteiger partial charge in [-0.1, -0.05) is 18.5 Å². The molecule has 1 heterocycles. The third-order valence-electron chi connectivity index (χ3n) is 4.06. The molecule has 10 heteroatoms. The summed E-state index contributed by atoms with van der Waals surface area (Å²) in [6.45, 7) is 1.90. The maximum absolute atomic E-state index is 12.4. The molecule has 8 nitrogen and oxygen atoms in total. The number of hydrogen-bond acceptors (Lipinski definition) is 5. The second-order valence-corrected chi connectivity index (χ2v) is 8.39. The number of anilines is 1. The fourth-order valence-corrected chi connectivity index (χ4v) is 3.65. The lowest BCUT2D eigenvalue weighted by atomic mass is 10.2. The van der Waals surface area contributed by atoms with Gasteiger partial charge in [-0.3, -0.25) is 9.89 Å². The largest absolute Gasteiger partial charge is 0.326 e. The van der Waals surface area contributed by atoms with Crippen molar-refractivity contribution >= 4 is 33.2 Å². The van der Waals surface area contributed by atoms with Crippen LogP contribution in [0.25, 0.3) is 11.4 Å². The zero-order chi connectivity index (χ0) is 20.9. The first kappa shape index (κ1) is 21.0. The number of aromatic amines is 1. The minimum atomic E-state index is -3.67. The molecule has 0 aliphatic rings. The monoisotopic (exact) mass is 433 g/mol. The highest BCUT2D eigenvalue weighted by molar-refractivity contribution is 7.89. The number of nitrogens with one attached hydrogen (secondary N) is 3. The van der Waals surface area contributed by atoms with E-state index in [9.17, 15) is 13.2 Å². The lowest BCUT2D eigenvalue weighted by Gasteiger charge is -2.07. The molecule has 0 atom stereocenters. The minimum absolute atomic E-state index is 0.117. The average Bonchev–Trinajstić information content (AvgIpc) is 3.17. The molecule has 0 saturated carbocycles. The Balaban J connectivity index is 1.57. The molecular weight excluding hydrogens is 414 g/mol. The third kappa shape index (κ3) is 5.63. The molecule has 0 aliphatic carbocycles. The molecule has 0 unspecified atom stereocenters. The number of carbonyl (C=O) groups is 1. The van der Waals surface area contributed by atoms with Gasteiger partial charge in [-0.25, -0.2) is 18.1 Å². The standard InChI is InChI=1S/C19H20ClN5O3S/c1-2-18(26)22-15-7-9-16(10-8-15)29(27,28)21-12-11-17-23-19(25-24-17)13-3-5-14(20)6-4-13/h3-10,21H,2,11-12H2,1H3,(H,22,26)(H,23,24,25). The van der Waals surface area contributed by atoms with Gasteiger partial charge in [-0.05, 0) is 48.5 Å². The van der Waals surface area contributed by atoms with Gasteiger partial charge in [0.2, 0.25) is 15.9 Å². The first-order valence-corrected chi connectivity index (χ1v) is 10.8. The van der Waals surface area contributed by atoms with Gasteiger partial charge in [0.25, 0.3) is 0 Å². The van der Waals surface area contributed by atoms with Gasteiger partial charge in [-0.15, -0.1) is 0 Å². The number of carbonyl (C=O) groups excluding carboxylic acids is 1. The van der Waals surface area contributed by atoms with Crippen molar-refractivity contribution in [3.63, 3.8) is 0 Å². The number of halogens is 1. The molecule has 3 N–H and O–H groups in total. The summed E-state index contributed by atoms with van der Waals surface area (Å²) in [7, 11) is -3.67. The van der Waals surface area contributed by atoms with Crippen molar-refractivity contribution in [2.45, 2.75) is 24.7 Å². The van der Waals surface area contributed by atoms with Crippen LogP contribution in [0.15, 0.2) is 53.4 Å². The van der Waals surface area contributed by atoms with Crippen molar-refractivity contribution in [2.24, 2.45) is 0 Å². The van der Waals surface area contributed by atoms with Crippen molar-refractivity contribution in [1.29, 1.82) is 0 Å². The van der Waals surface area contributed by atoms with E-state index in [1.54, 1.807) is 31.2 Å². The zero-order valence-electron chi connectivity index (χ0n) is 15.6. The summed E-state index contributed by atoms with van der Waals surface area (Å²) in [5.74, 6) is 0.947. The Morgan fingerprint density at radius 1 is 1.10 bits per heavy atom. The van der Waals surface area contributed by atoms with Crippen LogP contribution >= 0.6 is 11.6 Å². The smallest absolute Gasteiger partial charge is 0.240 e. The van der Waals surface area contributed by atoms with Gasteiger partial charge < -0.3 is 5.32 Å². The van der Waals surface area contributed by atoms with Crippen LogP contribution in [0.3, 0.4) is 0 Å². The van der Waals surface area contributed by atoms with E-state index < -0.39 is 10.0 Å². The summed E-state index contributed by atoms with van der Waals surface area (Å²) in [4.78, 5) is 15.9. The van der Waals surface area contributed by atoms with E-state index in [0.717, 1.165) is 5.56 Å². The highest BCUT2D eigenvalue weighted by Gasteiger charge is 2.14. The molecule has 0 fully saturated rings. The van der Waals surface area contributed by atoms with Crippen molar-refractivity contribution in [3.8, 4) is 11.4 Å². The Hall–Kier alpha value is -2.75. The van der Waals surface area contributed by atoms with Crippen molar-refractivity contribution in [2.75, 3.05) is 11.9 Å². The van der Waals surface area contributed by atoms with Gasteiger partial charge >= 0.3 is 0 Å². The molecule has 3 aromatic rings. The molecule has 0 bridgehead atoms. The number of aromatic nitrogens is 3. The van der Waals surface area contributed by atoms with E-state index >= 15 is 0 Å². The van der Waals surface area contributed by atoms with Crippen LogP contribution in [0, 0.1) is 0 Å². The van der Waals surface area contributed by atoms with Gasteiger partial charge in [0.15, 0.2) is 5.82 Å². The first-order chi connectivity index (χ1) is 13.9. The maximum atomic E-state index is 12.4. The Labute approximate surface area is 173 Å². The van der Waals surface area contributed by atoms with E-state index in [2.05, 4.69) is 25.2 Å².